The Labute approximate surface area is 149 Å². The number of hydrogen-bond donors (Lipinski definition) is 1. The molecule has 2 aliphatic rings. The van der Waals surface area contributed by atoms with Gasteiger partial charge in [-0.3, -0.25) is 4.98 Å². The molecule has 5 rings (SSSR count). The molecular weight excluding hydrogens is 306 g/mol. The fourth-order valence-electron chi connectivity index (χ4n) is 4.75. The first-order valence-corrected chi connectivity index (χ1v) is 9.60. The van der Waals surface area contributed by atoms with Gasteiger partial charge in [0.25, 0.3) is 0 Å². The molecule has 0 saturated carbocycles. The molecule has 25 heavy (non-hydrogen) atoms. The van der Waals surface area contributed by atoms with Crippen molar-refractivity contribution in [3.05, 3.63) is 54.5 Å². The van der Waals surface area contributed by atoms with Gasteiger partial charge in [0.1, 0.15) is 0 Å². The van der Waals surface area contributed by atoms with Crippen molar-refractivity contribution in [1.82, 2.24) is 14.9 Å². The number of aromatic nitrogens is 2. The van der Waals surface area contributed by atoms with E-state index < -0.39 is 0 Å². The van der Waals surface area contributed by atoms with E-state index in [2.05, 4.69) is 52.5 Å². The first-order valence-electron chi connectivity index (χ1n) is 9.60. The summed E-state index contributed by atoms with van der Waals surface area (Å²) >= 11 is 0. The predicted octanol–water partition coefficient (Wildman–Crippen LogP) is 4.50. The summed E-state index contributed by atoms with van der Waals surface area (Å²) in [6.45, 7) is 3.93. The van der Waals surface area contributed by atoms with Crippen LogP contribution in [0.25, 0.3) is 22.0 Å². The number of H-pyrrole nitrogens is 1. The van der Waals surface area contributed by atoms with Crippen molar-refractivity contribution in [2.75, 3.05) is 19.6 Å². The van der Waals surface area contributed by atoms with E-state index in [4.69, 9.17) is 4.98 Å². The van der Waals surface area contributed by atoms with Crippen molar-refractivity contribution in [3.8, 4) is 11.1 Å². The second-order valence-electron chi connectivity index (χ2n) is 7.77. The highest BCUT2D eigenvalue weighted by Gasteiger charge is 2.31. The molecule has 3 nitrogen and oxygen atoms in total. The fraction of sp³-hybridized carbons (Fsp3) is 0.409. The predicted molar refractivity (Wildman–Crippen MR) is 103 cm³/mol. The lowest BCUT2D eigenvalue weighted by Crippen LogP contribution is -2.45. The Hall–Kier alpha value is -2.13. The zero-order valence-electron chi connectivity index (χ0n) is 14.6. The smallest absolute Gasteiger partial charge is 0.0454 e. The van der Waals surface area contributed by atoms with Crippen molar-refractivity contribution in [1.29, 1.82) is 0 Å². The molecule has 2 fully saturated rings. The highest BCUT2D eigenvalue weighted by molar-refractivity contribution is 5.84. The zero-order valence-corrected chi connectivity index (χ0v) is 14.6. The Kier molecular flexibility index (Phi) is 3.82. The minimum atomic E-state index is 0.825. The lowest BCUT2D eigenvalue weighted by atomic mass is 9.77. The van der Waals surface area contributed by atoms with Crippen molar-refractivity contribution in [2.24, 2.45) is 11.8 Å². The molecule has 0 amide bonds. The first-order chi connectivity index (χ1) is 12.3. The molecule has 2 aliphatic heterocycles. The van der Waals surface area contributed by atoms with E-state index in [1.807, 2.05) is 6.20 Å². The minimum absolute atomic E-state index is 0.825. The molecule has 3 atom stereocenters. The first kappa shape index (κ1) is 15.2. The molecule has 1 N–H and O–H groups in total. The van der Waals surface area contributed by atoms with Gasteiger partial charge in [0, 0.05) is 35.7 Å². The van der Waals surface area contributed by atoms with Crippen LogP contribution in [0.3, 0.4) is 0 Å². The molecule has 3 unspecified atom stereocenters. The van der Waals surface area contributed by atoms with Gasteiger partial charge in [-0.2, -0.15) is 0 Å². The van der Waals surface area contributed by atoms with E-state index in [1.54, 1.807) is 0 Å². The summed E-state index contributed by atoms with van der Waals surface area (Å²) in [6.07, 6.45) is 9.34. The SMILES string of the molecule is c1cc2cc(-c3ccc(CC4CCN5CCCC4C5)nc3)ccc2[nH]1. The molecule has 0 spiro atoms. The van der Waals surface area contributed by atoms with Crippen LogP contribution >= 0.6 is 0 Å². The third-order valence-corrected chi connectivity index (χ3v) is 6.21. The van der Waals surface area contributed by atoms with Crippen LogP contribution in [0.5, 0.6) is 0 Å². The lowest BCUT2D eigenvalue weighted by Gasteiger charge is -2.42. The van der Waals surface area contributed by atoms with Gasteiger partial charge in [0.2, 0.25) is 0 Å². The van der Waals surface area contributed by atoms with Gasteiger partial charge in [-0.25, -0.2) is 0 Å². The number of nitrogens with zero attached hydrogens (tertiary/aromatic N) is 2. The number of pyridine rings is 1. The van der Waals surface area contributed by atoms with Crippen LogP contribution in [0, 0.1) is 11.8 Å². The molecule has 0 aliphatic carbocycles. The summed E-state index contributed by atoms with van der Waals surface area (Å²) < 4.78 is 0. The number of piperidine rings is 2. The molecular formula is C22H25N3. The molecule has 2 bridgehead atoms. The summed E-state index contributed by atoms with van der Waals surface area (Å²) in [4.78, 5) is 10.7. The molecule has 2 aromatic heterocycles. The number of aromatic amines is 1. The van der Waals surface area contributed by atoms with Crippen molar-refractivity contribution in [3.63, 3.8) is 0 Å². The maximum Gasteiger partial charge on any atom is 0.0454 e. The van der Waals surface area contributed by atoms with Gasteiger partial charge < -0.3 is 9.88 Å². The van der Waals surface area contributed by atoms with Crippen LogP contribution in [-0.4, -0.2) is 34.5 Å². The summed E-state index contributed by atoms with van der Waals surface area (Å²) in [5.41, 5.74) is 4.90. The van der Waals surface area contributed by atoms with Gasteiger partial charge in [-0.05, 0) is 85.8 Å². The van der Waals surface area contributed by atoms with Crippen LogP contribution in [0.2, 0.25) is 0 Å². The number of benzene rings is 1. The standard InChI is InChI=1S/C22H25N3/c1-2-20-15-25(10-1)11-8-17(20)13-21-5-3-19(14-24-21)16-4-6-22-18(12-16)7-9-23-22/h3-7,9,12,14,17,20,23H,1-2,8,10-11,13,15H2. The molecule has 3 heteroatoms. The summed E-state index contributed by atoms with van der Waals surface area (Å²) in [7, 11) is 0. The maximum absolute atomic E-state index is 4.80. The van der Waals surface area contributed by atoms with E-state index in [-0.39, 0.29) is 0 Å². The van der Waals surface area contributed by atoms with Crippen LogP contribution in [0.4, 0.5) is 0 Å². The van der Waals surface area contributed by atoms with E-state index in [0.717, 1.165) is 18.3 Å². The molecule has 3 aromatic rings. The number of fused-ring (bicyclic) bond motifs is 3. The second kappa shape index (κ2) is 6.30. The third-order valence-electron chi connectivity index (χ3n) is 6.21. The Morgan fingerprint density at radius 2 is 2.00 bits per heavy atom. The Bertz CT molecular complexity index is 864. The molecule has 4 heterocycles. The highest BCUT2D eigenvalue weighted by atomic mass is 15.1. The largest absolute Gasteiger partial charge is 0.361 e. The summed E-state index contributed by atoms with van der Waals surface area (Å²) in [6, 6.07) is 13.2. The van der Waals surface area contributed by atoms with E-state index >= 15 is 0 Å². The molecule has 2 saturated heterocycles. The van der Waals surface area contributed by atoms with Gasteiger partial charge in [0.15, 0.2) is 0 Å². The Morgan fingerprint density at radius 3 is 2.92 bits per heavy atom. The second-order valence-corrected chi connectivity index (χ2v) is 7.77. The Balaban J connectivity index is 1.32. The highest BCUT2D eigenvalue weighted by Crippen LogP contribution is 2.33. The monoisotopic (exact) mass is 331 g/mol. The van der Waals surface area contributed by atoms with Crippen LogP contribution in [0.1, 0.15) is 25.0 Å². The van der Waals surface area contributed by atoms with Gasteiger partial charge >= 0.3 is 0 Å². The summed E-state index contributed by atoms with van der Waals surface area (Å²) in [5.74, 6) is 1.71. The molecule has 128 valence electrons. The van der Waals surface area contributed by atoms with E-state index in [1.165, 1.54) is 66.6 Å². The van der Waals surface area contributed by atoms with Gasteiger partial charge in [-0.1, -0.05) is 12.1 Å². The van der Waals surface area contributed by atoms with Crippen LogP contribution in [0.15, 0.2) is 48.8 Å². The Morgan fingerprint density at radius 1 is 1.04 bits per heavy atom. The van der Waals surface area contributed by atoms with Crippen LogP contribution < -0.4 is 0 Å². The average Bonchev–Trinajstić information content (AvgIpc) is 3.13. The van der Waals surface area contributed by atoms with Crippen LogP contribution in [-0.2, 0) is 6.42 Å². The summed E-state index contributed by atoms with van der Waals surface area (Å²) in [5, 5.41) is 1.26. The van der Waals surface area contributed by atoms with Gasteiger partial charge in [0.05, 0.1) is 0 Å². The van der Waals surface area contributed by atoms with Crippen molar-refractivity contribution < 1.29 is 0 Å². The average molecular weight is 331 g/mol. The van der Waals surface area contributed by atoms with E-state index in [9.17, 15) is 0 Å². The lowest BCUT2D eigenvalue weighted by molar-refractivity contribution is 0.0736. The van der Waals surface area contributed by atoms with E-state index in [0.29, 0.717) is 0 Å². The molecule has 0 radical (unpaired) electrons. The van der Waals surface area contributed by atoms with Crippen molar-refractivity contribution >= 4 is 10.9 Å². The van der Waals surface area contributed by atoms with Crippen molar-refractivity contribution in [2.45, 2.75) is 25.7 Å². The van der Waals surface area contributed by atoms with Gasteiger partial charge in [-0.15, -0.1) is 0 Å². The quantitative estimate of drug-likeness (QED) is 0.766. The minimum Gasteiger partial charge on any atom is -0.361 e. The number of hydrogen-bond acceptors (Lipinski definition) is 2. The maximum atomic E-state index is 4.80. The number of rotatable bonds is 3. The topological polar surface area (TPSA) is 31.9 Å². The normalized spacial score (nSPS) is 26.0. The molecule has 1 aromatic carbocycles. The fourth-order valence-corrected chi connectivity index (χ4v) is 4.75. The third kappa shape index (κ3) is 2.98. The zero-order chi connectivity index (χ0) is 16.6. The number of nitrogens with one attached hydrogen (secondary N) is 1.